The van der Waals surface area contributed by atoms with E-state index in [9.17, 15) is 14.4 Å². The molecule has 1 atom stereocenters. The van der Waals surface area contributed by atoms with Crippen molar-refractivity contribution in [2.45, 2.75) is 26.2 Å². The van der Waals surface area contributed by atoms with E-state index in [2.05, 4.69) is 5.32 Å². The Hall–Kier alpha value is -1.24. The molecule has 19 heavy (non-hydrogen) atoms. The first-order valence-electron chi connectivity index (χ1n) is 6.39. The Kier molecular flexibility index (Phi) is 6.69. The maximum Gasteiger partial charge on any atom is 0.303 e. The Balaban J connectivity index is 2.10. The van der Waals surface area contributed by atoms with Gasteiger partial charge in [0.25, 0.3) is 5.24 Å². The Labute approximate surface area is 116 Å². The van der Waals surface area contributed by atoms with Crippen LogP contribution in [-0.4, -0.2) is 52.5 Å². The van der Waals surface area contributed by atoms with Crippen LogP contribution < -0.4 is 5.32 Å². The van der Waals surface area contributed by atoms with E-state index >= 15 is 0 Å². The van der Waals surface area contributed by atoms with Gasteiger partial charge in [0.1, 0.15) is 0 Å². The fourth-order valence-electron chi connectivity index (χ4n) is 1.71. The van der Waals surface area contributed by atoms with Crippen LogP contribution in [-0.2, 0) is 9.59 Å². The first-order chi connectivity index (χ1) is 8.99. The third-order valence-corrected chi connectivity index (χ3v) is 3.84. The summed E-state index contributed by atoms with van der Waals surface area (Å²) < 4.78 is 0. The van der Waals surface area contributed by atoms with Crippen molar-refractivity contribution in [1.29, 1.82) is 0 Å². The predicted octanol–water partition coefficient (Wildman–Crippen LogP) is 1.16. The van der Waals surface area contributed by atoms with Gasteiger partial charge in [0.05, 0.1) is 0 Å². The number of thioether (sulfide) groups is 1. The molecule has 7 heteroatoms. The van der Waals surface area contributed by atoms with E-state index in [1.54, 1.807) is 4.90 Å². The van der Waals surface area contributed by atoms with Crippen LogP contribution in [0.25, 0.3) is 0 Å². The standard InChI is InChI=1S/C12H20N2O4S/c1-9(2-3-11(16)17)8-13-10(15)4-5-14-6-7-19-12(14)18/h9H,2-8H2,1H3,(H,13,15)(H,16,17). The molecule has 1 fully saturated rings. The van der Waals surface area contributed by atoms with Gasteiger partial charge in [0, 0.05) is 38.2 Å². The zero-order chi connectivity index (χ0) is 14.3. The number of rotatable bonds is 8. The molecular weight excluding hydrogens is 268 g/mol. The van der Waals surface area contributed by atoms with Crippen LogP contribution in [0.15, 0.2) is 0 Å². The molecule has 1 aliphatic rings. The number of hydrogen-bond donors (Lipinski definition) is 2. The van der Waals surface area contributed by atoms with Gasteiger partial charge in [-0.15, -0.1) is 0 Å². The smallest absolute Gasteiger partial charge is 0.303 e. The Morgan fingerprint density at radius 1 is 1.47 bits per heavy atom. The summed E-state index contributed by atoms with van der Waals surface area (Å²) >= 11 is 1.28. The number of carboxylic acids is 1. The van der Waals surface area contributed by atoms with Crippen LogP contribution in [0, 0.1) is 5.92 Å². The molecule has 0 saturated carbocycles. The molecule has 0 aromatic heterocycles. The highest BCUT2D eigenvalue weighted by Gasteiger charge is 2.21. The molecule has 0 radical (unpaired) electrons. The summed E-state index contributed by atoms with van der Waals surface area (Å²) in [6.45, 7) is 3.56. The SMILES string of the molecule is CC(CCC(=O)O)CNC(=O)CCN1CCSC1=O. The molecule has 0 spiro atoms. The lowest BCUT2D eigenvalue weighted by atomic mass is 10.1. The van der Waals surface area contributed by atoms with E-state index in [1.807, 2.05) is 6.92 Å². The number of carbonyl (C=O) groups excluding carboxylic acids is 2. The highest BCUT2D eigenvalue weighted by Crippen LogP contribution is 2.16. The van der Waals surface area contributed by atoms with Crippen LogP contribution in [0.2, 0.25) is 0 Å². The van der Waals surface area contributed by atoms with Crippen molar-refractivity contribution >= 4 is 28.9 Å². The molecule has 0 aromatic carbocycles. The van der Waals surface area contributed by atoms with Crippen LogP contribution in [0.3, 0.4) is 0 Å². The van der Waals surface area contributed by atoms with E-state index in [1.165, 1.54) is 11.8 Å². The van der Waals surface area contributed by atoms with Crippen molar-refractivity contribution in [3.05, 3.63) is 0 Å². The summed E-state index contributed by atoms with van der Waals surface area (Å²) in [7, 11) is 0. The fraction of sp³-hybridized carbons (Fsp3) is 0.750. The summed E-state index contributed by atoms with van der Waals surface area (Å²) in [6.07, 6.45) is 0.978. The molecule has 2 amide bonds. The van der Waals surface area contributed by atoms with E-state index in [0.717, 1.165) is 5.75 Å². The summed E-state index contributed by atoms with van der Waals surface area (Å²) in [6, 6.07) is 0. The minimum absolute atomic E-state index is 0.0441. The summed E-state index contributed by atoms with van der Waals surface area (Å²) in [5.74, 6) is 0.0336. The van der Waals surface area contributed by atoms with E-state index in [4.69, 9.17) is 5.11 Å². The zero-order valence-electron chi connectivity index (χ0n) is 11.1. The van der Waals surface area contributed by atoms with Gasteiger partial charge in [0.2, 0.25) is 5.91 Å². The molecule has 1 unspecified atom stereocenters. The molecule has 1 rings (SSSR count). The van der Waals surface area contributed by atoms with Crippen molar-refractivity contribution < 1.29 is 19.5 Å². The molecule has 0 aromatic rings. The van der Waals surface area contributed by atoms with Crippen molar-refractivity contribution in [2.24, 2.45) is 5.92 Å². The second-order valence-electron chi connectivity index (χ2n) is 4.69. The van der Waals surface area contributed by atoms with Gasteiger partial charge in [0.15, 0.2) is 0 Å². The van der Waals surface area contributed by atoms with Crippen LogP contribution in [0.5, 0.6) is 0 Å². The van der Waals surface area contributed by atoms with Gasteiger partial charge in [-0.2, -0.15) is 0 Å². The quantitative estimate of drug-likeness (QED) is 0.700. The normalized spacial score (nSPS) is 16.5. The van der Waals surface area contributed by atoms with Crippen LogP contribution in [0.1, 0.15) is 26.2 Å². The van der Waals surface area contributed by atoms with Crippen LogP contribution >= 0.6 is 11.8 Å². The maximum absolute atomic E-state index is 11.6. The average Bonchev–Trinajstić information content (AvgIpc) is 2.77. The second kappa shape index (κ2) is 8.04. The summed E-state index contributed by atoms with van der Waals surface area (Å²) in [5, 5.41) is 11.4. The summed E-state index contributed by atoms with van der Waals surface area (Å²) in [4.78, 5) is 35.0. The topological polar surface area (TPSA) is 86.7 Å². The zero-order valence-corrected chi connectivity index (χ0v) is 11.9. The van der Waals surface area contributed by atoms with E-state index in [0.29, 0.717) is 32.5 Å². The predicted molar refractivity (Wildman–Crippen MR) is 73.1 cm³/mol. The molecule has 108 valence electrons. The van der Waals surface area contributed by atoms with E-state index < -0.39 is 5.97 Å². The third kappa shape index (κ3) is 6.47. The number of carbonyl (C=O) groups is 3. The molecule has 0 aliphatic carbocycles. The number of nitrogens with zero attached hydrogens (tertiary/aromatic N) is 1. The van der Waals surface area contributed by atoms with Crippen molar-refractivity contribution in [2.75, 3.05) is 25.4 Å². The molecule has 6 nitrogen and oxygen atoms in total. The molecule has 1 aliphatic heterocycles. The average molecular weight is 288 g/mol. The van der Waals surface area contributed by atoms with Crippen molar-refractivity contribution in [3.63, 3.8) is 0 Å². The Morgan fingerprint density at radius 3 is 2.79 bits per heavy atom. The Bertz CT molecular complexity index is 349. The number of nitrogens with one attached hydrogen (secondary N) is 1. The highest BCUT2D eigenvalue weighted by atomic mass is 32.2. The lowest BCUT2D eigenvalue weighted by Gasteiger charge is -2.15. The second-order valence-corrected chi connectivity index (χ2v) is 5.74. The van der Waals surface area contributed by atoms with Gasteiger partial charge in [-0.3, -0.25) is 14.4 Å². The van der Waals surface area contributed by atoms with Gasteiger partial charge in [-0.05, 0) is 12.3 Å². The molecule has 2 N–H and O–H groups in total. The fourth-order valence-corrected chi connectivity index (χ4v) is 2.57. The molecule has 1 heterocycles. The first-order valence-corrected chi connectivity index (χ1v) is 7.37. The molecule has 0 bridgehead atoms. The summed E-state index contributed by atoms with van der Waals surface area (Å²) in [5.41, 5.74) is 0. The molecular formula is C12H20N2O4S. The van der Waals surface area contributed by atoms with Crippen molar-refractivity contribution in [1.82, 2.24) is 10.2 Å². The third-order valence-electron chi connectivity index (χ3n) is 2.95. The van der Waals surface area contributed by atoms with Crippen LogP contribution in [0.4, 0.5) is 4.79 Å². The van der Waals surface area contributed by atoms with Gasteiger partial charge in [-0.1, -0.05) is 18.7 Å². The number of hydrogen-bond acceptors (Lipinski definition) is 4. The lowest BCUT2D eigenvalue weighted by Crippen LogP contribution is -2.33. The monoisotopic (exact) mass is 288 g/mol. The minimum atomic E-state index is -0.816. The first kappa shape index (κ1) is 15.8. The maximum atomic E-state index is 11.6. The van der Waals surface area contributed by atoms with E-state index in [-0.39, 0.29) is 23.5 Å². The molecule has 1 saturated heterocycles. The number of amides is 2. The van der Waals surface area contributed by atoms with Gasteiger partial charge >= 0.3 is 5.97 Å². The minimum Gasteiger partial charge on any atom is -0.481 e. The van der Waals surface area contributed by atoms with Gasteiger partial charge < -0.3 is 15.3 Å². The number of carboxylic acid groups (broad SMARTS) is 1. The van der Waals surface area contributed by atoms with Gasteiger partial charge in [-0.25, -0.2) is 0 Å². The largest absolute Gasteiger partial charge is 0.481 e. The number of aliphatic carboxylic acids is 1. The Morgan fingerprint density at radius 2 is 2.21 bits per heavy atom. The van der Waals surface area contributed by atoms with Crippen molar-refractivity contribution in [3.8, 4) is 0 Å². The highest BCUT2D eigenvalue weighted by molar-refractivity contribution is 8.13. The lowest BCUT2D eigenvalue weighted by molar-refractivity contribution is -0.137.